The second kappa shape index (κ2) is 8.86. The molecule has 5 rings (SSSR count). The number of carbonyl (C=O) groups is 1. The number of ether oxygens (including phenoxy) is 1. The third-order valence-corrected chi connectivity index (χ3v) is 6.41. The molecule has 1 aromatic carbocycles. The molecule has 2 aliphatic rings. The van der Waals surface area contributed by atoms with Crippen molar-refractivity contribution in [3.05, 3.63) is 53.5 Å². The molecular formula is C23H23F4N5O2. The summed E-state index contributed by atoms with van der Waals surface area (Å²) in [6.45, 7) is 1.35. The number of benzene rings is 1. The van der Waals surface area contributed by atoms with Gasteiger partial charge in [-0.2, -0.15) is 0 Å². The maximum absolute atomic E-state index is 13.6. The number of halogens is 4. The lowest BCUT2D eigenvalue weighted by Gasteiger charge is -2.32. The Morgan fingerprint density at radius 3 is 2.50 bits per heavy atom. The van der Waals surface area contributed by atoms with Crippen LogP contribution in [0.5, 0.6) is 5.75 Å². The highest BCUT2D eigenvalue weighted by molar-refractivity contribution is 5.94. The Morgan fingerprint density at radius 2 is 1.85 bits per heavy atom. The molecule has 2 N–H and O–H groups in total. The number of likely N-dealkylation sites (tertiary alicyclic amines) is 1. The first-order valence-electron chi connectivity index (χ1n) is 11.1. The first kappa shape index (κ1) is 22.6. The zero-order chi connectivity index (χ0) is 23.9. The number of piperidine rings is 1. The van der Waals surface area contributed by atoms with Crippen LogP contribution in [0.3, 0.4) is 0 Å². The number of rotatable bonds is 4. The van der Waals surface area contributed by atoms with Gasteiger partial charge in [0.2, 0.25) is 0 Å². The summed E-state index contributed by atoms with van der Waals surface area (Å²) in [5.74, 6) is 0.281. The van der Waals surface area contributed by atoms with Crippen molar-refractivity contribution < 1.29 is 27.1 Å². The Kier molecular flexibility index (Phi) is 5.88. The molecule has 4 heterocycles. The highest BCUT2D eigenvalue weighted by Crippen LogP contribution is 2.34. The molecule has 180 valence electrons. The van der Waals surface area contributed by atoms with Gasteiger partial charge in [0, 0.05) is 37.8 Å². The average Bonchev–Trinajstić information content (AvgIpc) is 3.44. The second-order valence-electron chi connectivity index (χ2n) is 8.65. The summed E-state index contributed by atoms with van der Waals surface area (Å²) in [7, 11) is 0. The summed E-state index contributed by atoms with van der Waals surface area (Å²) in [6.07, 6.45) is -2.12. The van der Waals surface area contributed by atoms with E-state index >= 15 is 0 Å². The van der Waals surface area contributed by atoms with Gasteiger partial charge in [-0.25, -0.2) is 14.4 Å². The number of imidazole rings is 1. The lowest BCUT2D eigenvalue weighted by molar-refractivity contribution is -0.274. The predicted octanol–water partition coefficient (Wildman–Crippen LogP) is 4.25. The lowest BCUT2D eigenvalue weighted by Crippen LogP contribution is -2.38. The molecule has 0 aliphatic carbocycles. The smallest absolute Gasteiger partial charge is 0.406 e. The number of hydrogen-bond donors (Lipinski definition) is 2. The molecule has 0 bridgehead atoms. The van der Waals surface area contributed by atoms with E-state index in [0.29, 0.717) is 43.1 Å². The van der Waals surface area contributed by atoms with Crippen LogP contribution in [0, 0.1) is 0 Å². The number of alkyl halides is 4. The normalized spacial score (nSPS) is 21.8. The molecule has 2 atom stereocenters. The fraction of sp³-hybridized carbons (Fsp3) is 0.435. The van der Waals surface area contributed by atoms with Crippen LogP contribution < -0.4 is 10.1 Å². The van der Waals surface area contributed by atoms with Gasteiger partial charge >= 0.3 is 6.36 Å². The number of aromatic amines is 1. The Bertz CT molecular complexity index is 1170. The van der Waals surface area contributed by atoms with Crippen molar-refractivity contribution >= 4 is 17.1 Å². The van der Waals surface area contributed by atoms with E-state index in [1.165, 1.54) is 12.1 Å². The van der Waals surface area contributed by atoms with Gasteiger partial charge in [0.1, 0.15) is 17.7 Å². The van der Waals surface area contributed by atoms with E-state index < -0.39 is 12.5 Å². The fourth-order valence-corrected chi connectivity index (χ4v) is 4.73. The number of H-pyrrole nitrogens is 1. The monoisotopic (exact) mass is 477 g/mol. The minimum absolute atomic E-state index is 0.163. The van der Waals surface area contributed by atoms with Gasteiger partial charge in [0.25, 0.3) is 5.91 Å². The molecule has 11 heteroatoms. The van der Waals surface area contributed by atoms with Crippen molar-refractivity contribution in [3.8, 4) is 5.75 Å². The van der Waals surface area contributed by atoms with Crippen LogP contribution in [0.2, 0.25) is 0 Å². The van der Waals surface area contributed by atoms with Gasteiger partial charge in [-0.1, -0.05) is 0 Å². The third-order valence-electron chi connectivity index (χ3n) is 6.41. The standard InChI is InChI=1S/C23H23F4N5O2/c24-15-11-18(29-12-15)20-30-19-17(5-8-28-21(19)31-20)13-6-9-32(10-7-13)22(33)14-1-3-16(4-2-14)34-23(25,26)27/h1-5,8,13,15,18,29H,6-7,9-12H2,(H,28,30,31). The van der Waals surface area contributed by atoms with Gasteiger partial charge in [-0.3, -0.25) is 4.79 Å². The quantitative estimate of drug-likeness (QED) is 0.549. The zero-order valence-corrected chi connectivity index (χ0v) is 18.1. The number of nitrogens with one attached hydrogen (secondary N) is 2. The highest BCUT2D eigenvalue weighted by Gasteiger charge is 2.32. The van der Waals surface area contributed by atoms with Gasteiger partial charge in [0.15, 0.2) is 5.65 Å². The number of pyridine rings is 1. The number of hydrogen-bond acceptors (Lipinski definition) is 5. The van der Waals surface area contributed by atoms with Gasteiger partial charge < -0.3 is 19.9 Å². The van der Waals surface area contributed by atoms with E-state index in [4.69, 9.17) is 0 Å². The third kappa shape index (κ3) is 4.70. The Hall–Kier alpha value is -3.21. The summed E-state index contributed by atoms with van der Waals surface area (Å²) in [5.41, 5.74) is 2.81. The Labute approximate surface area is 192 Å². The molecule has 0 radical (unpaired) electrons. The molecule has 0 saturated carbocycles. The summed E-state index contributed by atoms with van der Waals surface area (Å²) >= 11 is 0. The van der Waals surface area contributed by atoms with E-state index in [-0.39, 0.29) is 23.6 Å². The molecule has 1 amide bonds. The van der Waals surface area contributed by atoms with Crippen LogP contribution in [0.1, 0.15) is 53.0 Å². The van der Waals surface area contributed by atoms with Crippen molar-refractivity contribution in [2.75, 3.05) is 19.6 Å². The summed E-state index contributed by atoms with van der Waals surface area (Å²) < 4.78 is 54.5. The SMILES string of the molecule is O=C(c1ccc(OC(F)(F)F)cc1)N1CCC(c2ccnc3nc(C4CC(F)CN4)[nH]c23)CC1. The van der Waals surface area contributed by atoms with E-state index in [0.717, 1.165) is 36.1 Å². The van der Waals surface area contributed by atoms with Crippen LogP contribution in [0.4, 0.5) is 17.6 Å². The molecule has 2 unspecified atom stereocenters. The summed E-state index contributed by atoms with van der Waals surface area (Å²) in [6, 6.07) is 6.75. The maximum atomic E-state index is 13.6. The van der Waals surface area contributed by atoms with E-state index in [2.05, 4.69) is 25.0 Å². The molecule has 2 fully saturated rings. The number of nitrogens with zero attached hydrogens (tertiary/aromatic N) is 3. The number of aromatic nitrogens is 3. The lowest BCUT2D eigenvalue weighted by atomic mass is 9.89. The molecule has 34 heavy (non-hydrogen) atoms. The van der Waals surface area contributed by atoms with Crippen LogP contribution >= 0.6 is 0 Å². The molecular weight excluding hydrogens is 454 g/mol. The van der Waals surface area contributed by atoms with E-state index in [9.17, 15) is 22.4 Å². The average molecular weight is 477 g/mol. The van der Waals surface area contributed by atoms with Crippen LogP contribution in [0.15, 0.2) is 36.5 Å². The topological polar surface area (TPSA) is 83.1 Å². The van der Waals surface area contributed by atoms with Crippen LogP contribution in [-0.4, -0.2) is 57.9 Å². The van der Waals surface area contributed by atoms with Gasteiger partial charge in [-0.05, 0) is 54.7 Å². The number of fused-ring (bicyclic) bond motifs is 1. The van der Waals surface area contributed by atoms with E-state index in [1.54, 1.807) is 11.1 Å². The minimum Gasteiger partial charge on any atom is -0.406 e. The first-order chi connectivity index (χ1) is 16.3. The fourth-order valence-electron chi connectivity index (χ4n) is 4.73. The highest BCUT2D eigenvalue weighted by atomic mass is 19.4. The molecule has 3 aromatic rings. The first-order valence-corrected chi connectivity index (χ1v) is 11.1. The largest absolute Gasteiger partial charge is 0.573 e. The van der Waals surface area contributed by atoms with Gasteiger partial charge in [0.05, 0.1) is 11.6 Å². The molecule has 2 aliphatic heterocycles. The molecule has 0 spiro atoms. The van der Waals surface area contributed by atoms with Crippen molar-refractivity contribution in [3.63, 3.8) is 0 Å². The Balaban J connectivity index is 1.25. The van der Waals surface area contributed by atoms with Gasteiger partial charge in [-0.15, -0.1) is 13.2 Å². The second-order valence-corrected chi connectivity index (χ2v) is 8.65. The zero-order valence-electron chi connectivity index (χ0n) is 18.1. The van der Waals surface area contributed by atoms with Crippen LogP contribution in [0.25, 0.3) is 11.2 Å². The Morgan fingerprint density at radius 1 is 1.12 bits per heavy atom. The number of amides is 1. The minimum atomic E-state index is -4.77. The van der Waals surface area contributed by atoms with Crippen molar-refractivity contribution in [2.45, 2.75) is 43.8 Å². The molecule has 7 nitrogen and oxygen atoms in total. The van der Waals surface area contributed by atoms with E-state index in [1.807, 2.05) is 6.07 Å². The van der Waals surface area contributed by atoms with Crippen molar-refractivity contribution in [1.82, 2.24) is 25.2 Å². The summed E-state index contributed by atoms with van der Waals surface area (Å²) in [4.78, 5) is 26.8. The summed E-state index contributed by atoms with van der Waals surface area (Å²) in [5, 5.41) is 3.13. The molecule has 2 aromatic heterocycles. The molecule has 2 saturated heterocycles. The van der Waals surface area contributed by atoms with Crippen molar-refractivity contribution in [2.24, 2.45) is 0 Å². The maximum Gasteiger partial charge on any atom is 0.573 e. The predicted molar refractivity (Wildman–Crippen MR) is 115 cm³/mol. The van der Waals surface area contributed by atoms with Crippen molar-refractivity contribution in [1.29, 1.82) is 0 Å². The van der Waals surface area contributed by atoms with Crippen LogP contribution in [-0.2, 0) is 0 Å². The number of carbonyl (C=O) groups excluding carboxylic acids is 1.